The molecule has 0 saturated carbocycles. The van der Waals surface area contributed by atoms with Crippen LogP contribution in [-0.4, -0.2) is 29.0 Å². The zero-order valence-electron chi connectivity index (χ0n) is 10.2. The fourth-order valence-corrected chi connectivity index (χ4v) is 1.98. The van der Waals surface area contributed by atoms with Gasteiger partial charge in [0.05, 0.1) is 30.0 Å². The molecule has 1 aromatic heterocycles. The third kappa shape index (κ3) is 3.00. The molecule has 5 heteroatoms. The summed E-state index contributed by atoms with van der Waals surface area (Å²) in [4.78, 5) is 20.2. The van der Waals surface area contributed by atoms with Crippen LogP contribution in [0.15, 0.2) is 12.4 Å². The maximum absolute atomic E-state index is 11.9. The highest BCUT2D eigenvalue weighted by Gasteiger charge is 2.29. The largest absolute Gasteiger partial charge is 0.350 e. The fraction of sp³-hybridized carbons (Fsp3) is 0.583. The normalized spacial score (nSPS) is 23.6. The summed E-state index contributed by atoms with van der Waals surface area (Å²) in [6.07, 6.45) is 3.41. The van der Waals surface area contributed by atoms with Crippen molar-refractivity contribution in [2.45, 2.75) is 20.4 Å². The van der Waals surface area contributed by atoms with Gasteiger partial charge in [-0.15, -0.1) is 0 Å². The molecule has 1 aromatic rings. The van der Waals surface area contributed by atoms with Gasteiger partial charge in [0.25, 0.3) is 0 Å². The van der Waals surface area contributed by atoms with Crippen LogP contribution in [0.3, 0.4) is 0 Å². The van der Waals surface area contributed by atoms with E-state index in [1.54, 1.807) is 12.4 Å². The van der Waals surface area contributed by atoms with Gasteiger partial charge >= 0.3 is 0 Å². The van der Waals surface area contributed by atoms with Gasteiger partial charge in [-0.05, 0) is 19.4 Å². The number of nitrogens with one attached hydrogen (secondary N) is 2. The number of aromatic nitrogens is 2. The van der Waals surface area contributed by atoms with Crippen LogP contribution in [0, 0.1) is 18.8 Å². The Morgan fingerprint density at radius 1 is 1.47 bits per heavy atom. The maximum atomic E-state index is 11.9. The topological polar surface area (TPSA) is 66.9 Å². The van der Waals surface area contributed by atoms with Crippen molar-refractivity contribution in [2.24, 2.45) is 11.8 Å². The molecule has 17 heavy (non-hydrogen) atoms. The van der Waals surface area contributed by atoms with Crippen molar-refractivity contribution in [1.29, 1.82) is 0 Å². The summed E-state index contributed by atoms with van der Waals surface area (Å²) < 4.78 is 0. The summed E-state index contributed by atoms with van der Waals surface area (Å²) in [5.74, 6) is 0.581. The number of nitrogens with zero attached hydrogens (tertiary/aromatic N) is 2. The van der Waals surface area contributed by atoms with E-state index in [9.17, 15) is 4.79 Å². The van der Waals surface area contributed by atoms with Crippen molar-refractivity contribution in [3.05, 3.63) is 23.8 Å². The lowest BCUT2D eigenvalue weighted by Gasteiger charge is -2.13. The standard InChI is InChI=1S/C12H18N4O/c1-8-3-13-7-11(8)12(17)16-6-10-5-14-9(2)4-15-10/h4-5,8,11,13H,3,6-7H2,1-2H3,(H,16,17). The van der Waals surface area contributed by atoms with Crippen molar-refractivity contribution in [3.8, 4) is 0 Å². The predicted molar refractivity (Wildman–Crippen MR) is 64.1 cm³/mol. The predicted octanol–water partition coefficient (Wildman–Crippen LogP) is 0.257. The Morgan fingerprint density at radius 2 is 2.29 bits per heavy atom. The molecule has 0 spiro atoms. The van der Waals surface area contributed by atoms with Gasteiger partial charge in [-0.25, -0.2) is 0 Å². The Kier molecular flexibility index (Phi) is 3.68. The Bertz CT molecular complexity index is 390. The van der Waals surface area contributed by atoms with Crippen molar-refractivity contribution in [3.63, 3.8) is 0 Å². The third-order valence-corrected chi connectivity index (χ3v) is 3.13. The quantitative estimate of drug-likeness (QED) is 0.787. The lowest BCUT2D eigenvalue weighted by Crippen LogP contribution is -2.34. The fourth-order valence-electron chi connectivity index (χ4n) is 1.98. The number of rotatable bonds is 3. The van der Waals surface area contributed by atoms with E-state index in [4.69, 9.17) is 0 Å². The zero-order chi connectivity index (χ0) is 12.3. The minimum Gasteiger partial charge on any atom is -0.350 e. The number of aryl methyl sites for hydroxylation is 1. The van der Waals surface area contributed by atoms with Crippen molar-refractivity contribution in [1.82, 2.24) is 20.6 Å². The summed E-state index contributed by atoms with van der Waals surface area (Å²) in [6, 6.07) is 0. The first-order valence-electron chi connectivity index (χ1n) is 5.93. The molecule has 1 aliphatic rings. The number of hydrogen-bond donors (Lipinski definition) is 2. The molecule has 2 unspecified atom stereocenters. The first-order chi connectivity index (χ1) is 8.16. The Balaban J connectivity index is 1.85. The van der Waals surface area contributed by atoms with Crippen LogP contribution in [0.25, 0.3) is 0 Å². The molecule has 0 radical (unpaired) electrons. The molecule has 92 valence electrons. The van der Waals surface area contributed by atoms with Gasteiger partial charge in [0.1, 0.15) is 0 Å². The maximum Gasteiger partial charge on any atom is 0.225 e. The molecule has 2 heterocycles. The Labute approximate surface area is 101 Å². The van der Waals surface area contributed by atoms with Gasteiger partial charge in [-0.1, -0.05) is 6.92 Å². The molecule has 1 amide bonds. The average molecular weight is 234 g/mol. The number of hydrogen-bond acceptors (Lipinski definition) is 4. The van der Waals surface area contributed by atoms with Crippen LogP contribution in [-0.2, 0) is 11.3 Å². The molecular formula is C12H18N4O. The number of carbonyl (C=O) groups excluding carboxylic acids is 1. The second-order valence-electron chi connectivity index (χ2n) is 4.61. The summed E-state index contributed by atoms with van der Waals surface area (Å²) in [7, 11) is 0. The molecular weight excluding hydrogens is 216 g/mol. The molecule has 1 aliphatic heterocycles. The molecule has 0 aliphatic carbocycles. The highest BCUT2D eigenvalue weighted by atomic mass is 16.1. The Hall–Kier alpha value is -1.49. The van der Waals surface area contributed by atoms with Gasteiger partial charge in [-0.3, -0.25) is 14.8 Å². The van der Waals surface area contributed by atoms with Crippen LogP contribution in [0.5, 0.6) is 0 Å². The highest BCUT2D eigenvalue weighted by Crippen LogP contribution is 2.15. The molecule has 1 fully saturated rings. The van der Waals surface area contributed by atoms with Crippen LogP contribution in [0.1, 0.15) is 18.3 Å². The van der Waals surface area contributed by atoms with E-state index in [1.807, 2.05) is 6.92 Å². The summed E-state index contributed by atoms with van der Waals surface area (Å²) in [5, 5.41) is 6.13. The van der Waals surface area contributed by atoms with E-state index in [0.29, 0.717) is 12.5 Å². The lowest BCUT2D eigenvalue weighted by molar-refractivity contribution is -0.125. The van der Waals surface area contributed by atoms with Crippen molar-refractivity contribution < 1.29 is 4.79 Å². The van der Waals surface area contributed by atoms with Crippen LogP contribution < -0.4 is 10.6 Å². The molecule has 5 nitrogen and oxygen atoms in total. The summed E-state index contributed by atoms with van der Waals surface area (Å²) >= 11 is 0. The molecule has 1 saturated heterocycles. The molecule has 0 aromatic carbocycles. The van der Waals surface area contributed by atoms with Crippen molar-refractivity contribution >= 4 is 5.91 Å². The van der Waals surface area contributed by atoms with E-state index < -0.39 is 0 Å². The molecule has 2 N–H and O–H groups in total. The molecule has 2 rings (SSSR count). The van der Waals surface area contributed by atoms with Gasteiger partial charge in [0.15, 0.2) is 0 Å². The second-order valence-corrected chi connectivity index (χ2v) is 4.61. The first kappa shape index (κ1) is 12.0. The minimum absolute atomic E-state index is 0.0772. The first-order valence-corrected chi connectivity index (χ1v) is 5.93. The van der Waals surface area contributed by atoms with Gasteiger partial charge in [0, 0.05) is 12.7 Å². The van der Waals surface area contributed by atoms with E-state index in [1.165, 1.54) is 0 Å². The van der Waals surface area contributed by atoms with E-state index in [0.717, 1.165) is 24.5 Å². The molecule has 0 bridgehead atoms. The smallest absolute Gasteiger partial charge is 0.225 e. The Morgan fingerprint density at radius 3 is 2.88 bits per heavy atom. The van der Waals surface area contributed by atoms with Gasteiger partial charge in [-0.2, -0.15) is 0 Å². The number of amides is 1. The van der Waals surface area contributed by atoms with E-state index in [-0.39, 0.29) is 11.8 Å². The third-order valence-electron chi connectivity index (χ3n) is 3.13. The van der Waals surface area contributed by atoms with Gasteiger partial charge < -0.3 is 10.6 Å². The van der Waals surface area contributed by atoms with Crippen LogP contribution in [0.2, 0.25) is 0 Å². The van der Waals surface area contributed by atoms with Gasteiger partial charge in [0.2, 0.25) is 5.91 Å². The number of carbonyl (C=O) groups is 1. The highest BCUT2D eigenvalue weighted by molar-refractivity contribution is 5.79. The van der Waals surface area contributed by atoms with Crippen LogP contribution in [0.4, 0.5) is 0 Å². The van der Waals surface area contributed by atoms with Crippen LogP contribution >= 0.6 is 0 Å². The van der Waals surface area contributed by atoms with E-state index >= 15 is 0 Å². The molecule has 2 atom stereocenters. The van der Waals surface area contributed by atoms with Crippen molar-refractivity contribution in [2.75, 3.05) is 13.1 Å². The average Bonchev–Trinajstić information content (AvgIpc) is 2.74. The zero-order valence-corrected chi connectivity index (χ0v) is 10.2. The SMILES string of the molecule is Cc1cnc(CNC(=O)C2CNCC2C)cn1. The summed E-state index contributed by atoms with van der Waals surface area (Å²) in [5.41, 5.74) is 1.68. The lowest BCUT2D eigenvalue weighted by atomic mass is 9.97. The van der Waals surface area contributed by atoms with E-state index in [2.05, 4.69) is 27.5 Å². The minimum atomic E-state index is 0.0772. The second kappa shape index (κ2) is 5.23. The summed E-state index contributed by atoms with van der Waals surface area (Å²) in [6.45, 7) is 6.13. The monoisotopic (exact) mass is 234 g/mol.